The van der Waals surface area contributed by atoms with Crippen LogP contribution in [0.5, 0.6) is 0 Å². The Balaban J connectivity index is 1.56. The van der Waals surface area contributed by atoms with Crippen LogP contribution in [0.15, 0.2) is 30.3 Å². The van der Waals surface area contributed by atoms with E-state index in [9.17, 15) is 4.79 Å². The van der Waals surface area contributed by atoms with Gasteiger partial charge in [-0.15, -0.1) is 0 Å². The van der Waals surface area contributed by atoms with E-state index in [1.807, 2.05) is 35.2 Å². The molecule has 1 aliphatic heterocycles. The van der Waals surface area contributed by atoms with Crippen LogP contribution in [0.3, 0.4) is 0 Å². The van der Waals surface area contributed by atoms with Gasteiger partial charge < -0.3 is 9.64 Å². The maximum atomic E-state index is 12.1. The highest BCUT2D eigenvalue weighted by molar-refractivity contribution is 5.68. The molecule has 1 saturated heterocycles. The monoisotopic (exact) mass is 245 g/mol. The molecule has 96 valence electrons. The summed E-state index contributed by atoms with van der Waals surface area (Å²) in [7, 11) is 0. The number of ether oxygens (including phenoxy) is 1. The van der Waals surface area contributed by atoms with Gasteiger partial charge in [-0.2, -0.15) is 0 Å². The number of carbonyl (C=O) groups is 1. The highest BCUT2D eigenvalue weighted by atomic mass is 16.6. The Bertz CT molecular complexity index is 418. The van der Waals surface area contributed by atoms with Crippen molar-refractivity contribution in [1.82, 2.24) is 4.90 Å². The SMILES string of the molecule is O=C(OCc1ccccc1)N1CC2CCCC1C2. The van der Waals surface area contributed by atoms with Gasteiger partial charge >= 0.3 is 6.09 Å². The molecule has 0 spiro atoms. The molecule has 2 unspecified atom stereocenters. The average molecular weight is 245 g/mol. The third-order valence-corrected chi connectivity index (χ3v) is 4.09. The summed E-state index contributed by atoms with van der Waals surface area (Å²) in [5.74, 6) is 0.716. The molecule has 0 radical (unpaired) electrons. The second kappa shape index (κ2) is 5.01. The van der Waals surface area contributed by atoms with Gasteiger partial charge in [0.15, 0.2) is 0 Å². The lowest BCUT2D eigenvalue weighted by molar-refractivity contribution is 0.0914. The number of benzene rings is 1. The third kappa shape index (κ3) is 2.35. The number of hydrogen-bond acceptors (Lipinski definition) is 2. The smallest absolute Gasteiger partial charge is 0.410 e. The molecule has 3 heteroatoms. The summed E-state index contributed by atoms with van der Waals surface area (Å²) in [5, 5.41) is 0. The standard InChI is InChI=1S/C15H19NO2/c17-15(18-11-12-5-2-1-3-6-12)16-10-13-7-4-8-14(16)9-13/h1-3,5-6,13-14H,4,7-11H2. The van der Waals surface area contributed by atoms with Crippen molar-refractivity contribution in [3.8, 4) is 0 Å². The van der Waals surface area contributed by atoms with Gasteiger partial charge in [0, 0.05) is 12.6 Å². The van der Waals surface area contributed by atoms with Crippen LogP contribution in [-0.4, -0.2) is 23.6 Å². The Hall–Kier alpha value is -1.51. The van der Waals surface area contributed by atoms with Crippen LogP contribution < -0.4 is 0 Å². The fourth-order valence-corrected chi connectivity index (χ4v) is 3.16. The zero-order valence-corrected chi connectivity index (χ0v) is 10.5. The number of carbonyl (C=O) groups excluding carboxylic acids is 1. The van der Waals surface area contributed by atoms with Crippen LogP contribution in [0.25, 0.3) is 0 Å². The lowest BCUT2D eigenvalue weighted by Gasteiger charge is -2.23. The van der Waals surface area contributed by atoms with E-state index in [4.69, 9.17) is 4.74 Å². The van der Waals surface area contributed by atoms with Gasteiger partial charge in [-0.3, -0.25) is 0 Å². The van der Waals surface area contributed by atoms with Crippen LogP contribution in [0.2, 0.25) is 0 Å². The predicted octanol–water partition coefficient (Wildman–Crippen LogP) is 3.20. The maximum absolute atomic E-state index is 12.1. The van der Waals surface area contributed by atoms with Gasteiger partial charge in [0.2, 0.25) is 0 Å². The van der Waals surface area contributed by atoms with E-state index in [2.05, 4.69) is 0 Å². The maximum Gasteiger partial charge on any atom is 0.410 e. The van der Waals surface area contributed by atoms with Crippen molar-refractivity contribution >= 4 is 6.09 Å². The van der Waals surface area contributed by atoms with Crippen molar-refractivity contribution < 1.29 is 9.53 Å². The molecular formula is C15H19NO2. The first kappa shape index (κ1) is 11.6. The van der Waals surface area contributed by atoms with E-state index < -0.39 is 0 Å². The van der Waals surface area contributed by atoms with Crippen molar-refractivity contribution in [3.05, 3.63) is 35.9 Å². The summed E-state index contributed by atoms with van der Waals surface area (Å²) in [6.07, 6.45) is 4.74. The number of hydrogen-bond donors (Lipinski definition) is 0. The Kier molecular flexibility index (Phi) is 3.22. The van der Waals surface area contributed by atoms with E-state index in [0.717, 1.165) is 18.5 Å². The van der Waals surface area contributed by atoms with Gasteiger partial charge in [-0.05, 0) is 30.7 Å². The molecule has 1 aromatic rings. The molecule has 2 bridgehead atoms. The van der Waals surface area contributed by atoms with Crippen molar-refractivity contribution in [1.29, 1.82) is 0 Å². The second-order valence-electron chi connectivity index (χ2n) is 5.38. The Morgan fingerprint density at radius 1 is 1.28 bits per heavy atom. The quantitative estimate of drug-likeness (QED) is 0.800. The number of rotatable bonds is 2. The molecule has 1 saturated carbocycles. The molecule has 3 rings (SSSR count). The summed E-state index contributed by atoms with van der Waals surface area (Å²) in [5.41, 5.74) is 1.05. The van der Waals surface area contributed by atoms with E-state index in [1.165, 1.54) is 19.3 Å². The zero-order valence-electron chi connectivity index (χ0n) is 10.5. The molecule has 1 amide bonds. The molecule has 0 aromatic heterocycles. The number of fused-ring (bicyclic) bond motifs is 2. The molecule has 1 heterocycles. The summed E-state index contributed by atoms with van der Waals surface area (Å²) in [6, 6.07) is 10.3. The van der Waals surface area contributed by atoms with Crippen molar-refractivity contribution in [3.63, 3.8) is 0 Å². The molecule has 2 fully saturated rings. The van der Waals surface area contributed by atoms with Gasteiger partial charge in [0.25, 0.3) is 0 Å². The van der Waals surface area contributed by atoms with Gasteiger partial charge in [0.05, 0.1) is 0 Å². The van der Waals surface area contributed by atoms with Gasteiger partial charge in [-0.25, -0.2) is 4.79 Å². The van der Waals surface area contributed by atoms with Crippen molar-refractivity contribution in [2.45, 2.75) is 38.3 Å². The Morgan fingerprint density at radius 2 is 2.11 bits per heavy atom. The molecule has 1 aliphatic carbocycles. The normalized spacial score (nSPS) is 26.1. The molecular weight excluding hydrogens is 226 g/mol. The van der Waals surface area contributed by atoms with Crippen LogP contribution in [0, 0.1) is 5.92 Å². The average Bonchev–Trinajstić information content (AvgIpc) is 2.72. The van der Waals surface area contributed by atoms with Crippen molar-refractivity contribution in [2.75, 3.05) is 6.54 Å². The number of likely N-dealkylation sites (tertiary alicyclic amines) is 1. The highest BCUT2D eigenvalue weighted by Crippen LogP contribution is 2.35. The molecule has 1 aromatic carbocycles. The number of nitrogens with zero attached hydrogens (tertiary/aromatic N) is 1. The minimum absolute atomic E-state index is 0.131. The molecule has 3 nitrogen and oxygen atoms in total. The van der Waals surface area contributed by atoms with Crippen LogP contribution in [0.4, 0.5) is 4.79 Å². The first-order chi connectivity index (χ1) is 8.83. The summed E-state index contributed by atoms with van der Waals surface area (Å²) in [6.45, 7) is 1.28. The third-order valence-electron chi connectivity index (χ3n) is 4.09. The van der Waals surface area contributed by atoms with E-state index in [1.54, 1.807) is 0 Å². The summed E-state index contributed by atoms with van der Waals surface area (Å²) >= 11 is 0. The van der Waals surface area contributed by atoms with Crippen LogP contribution >= 0.6 is 0 Å². The molecule has 2 atom stereocenters. The second-order valence-corrected chi connectivity index (χ2v) is 5.38. The summed E-state index contributed by atoms with van der Waals surface area (Å²) < 4.78 is 5.41. The minimum Gasteiger partial charge on any atom is -0.445 e. The van der Waals surface area contributed by atoms with Crippen LogP contribution in [0.1, 0.15) is 31.2 Å². The van der Waals surface area contributed by atoms with Crippen LogP contribution in [-0.2, 0) is 11.3 Å². The van der Waals surface area contributed by atoms with Gasteiger partial charge in [-0.1, -0.05) is 36.8 Å². The fraction of sp³-hybridized carbons (Fsp3) is 0.533. The summed E-state index contributed by atoms with van der Waals surface area (Å²) in [4.78, 5) is 14.0. The predicted molar refractivity (Wildman–Crippen MR) is 69.1 cm³/mol. The lowest BCUT2D eigenvalue weighted by Crippen LogP contribution is -2.35. The topological polar surface area (TPSA) is 29.5 Å². The first-order valence-corrected chi connectivity index (χ1v) is 6.80. The molecule has 2 aliphatic rings. The molecule has 18 heavy (non-hydrogen) atoms. The van der Waals surface area contributed by atoms with E-state index in [0.29, 0.717) is 18.6 Å². The largest absolute Gasteiger partial charge is 0.445 e. The Morgan fingerprint density at radius 3 is 2.89 bits per heavy atom. The van der Waals surface area contributed by atoms with Crippen molar-refractivity contribution in [2.24, 2.45) is 5.92 Å². The minimum atomic E-state index is -0.131. The van der Waals surface area contributed by atoms with E-state index in [-0.39, 0.29) is 6.09 Å². The highest BCUT2D eigenvalue weighted by Gasteiger charge is 2.38. The Labute approximate surface area is 108 Å². The first-order valence-electron chi connectivity index (χ1n) is 6.80. The fourth-order valence-electron chi connectivity index (χ4n) is 3.16. The molecule has 0 N–H and O–H groups in total. The van der Waals surface area contributed by atoms with E-state index >= 15 is 0 Å². The lowest BCUT2D eigenvalue weighted by atomic mass is 9.91. The van der Waals surface area contributed by atoms with Gasteiger partial charge in [0.1, 0.15) is 6.61 Å². The number of amides is 1. The zero-order chi connectivity index (χ0) is 12.4.